The number of nitrogens with zero attached hydrogens (tertiary/aromatic N) is 1. The van der Waals surface area contributed by atoms with E-state index in [9.17, 15) is 9.59 Å². The first-order chi connectivity index (χ1) is 9.11. The highest BCUT2D eigenvalue weighted by Gasteiger charge is 2.28. The number of carbonyl (C=O) groups is 2. The molecule has 0 saturated heterocycles. The molecule has 102 valence electrons. The third-order valence-corrected chi connectivity index (χ3v) is 2.67. The zero-order chi connectivity index (χ0) is 13.8. The molecule has 1 aromatic carbocycles. The van der Waals surface area contributed by atoms with E-state index in [-0.39, 0.29) is 6.10 Å². The van der Waals surface area contributed by atoms with Crippen LogP contribution in [-0.2, 0) is 9.57 Å². The first kappa shape index (κ1) is 13.2. The Balaban J connectivity index is 2.01. The highest BCUT2D eigenvalue weighted by molar-refractivity contribution is 6.00. The Kier molecular flexibility index (Phi) is 3.86. The molecule has 7 nitrogen and oxygen atoms in total. The molecule has 0 fully saturated rings. The first-order valence-electron chi connectivity index (χ1n) is 5.95. The lowest BCUT2D eigenvalue weighted by Gasteiger charge is -2.27. The minimum Gasteiger partial charge on any atom is -0.430 e. The van der Waals surface area contributed by atoms with Crippen molar-refractivity contribution < 1.29 is 19.2 Å². The molecule has 2 rings (SSSR count). The number of anilines is 1. The number of para-hydroxylation sites is 1. The molecule has 1 aliphatic rings. The van der Waals surface area contributed by atoms with Gasteiger partial charge in [-0.1, -0.05) is 24.2 Å². The Morgan fingerprint density at radius 3 is 2.89 bits per heavy atom. The van der Waals surface area contributed by atoms with Gasteiger partial charge in [0.1, 0.15) is 6.10 Å². The number of nitrogens with one attached hydrogen (secondary N) is 2. The number of benzene rings is 1. The molecule has 7 heteroatoms. The van der Waals surface area contributed by atoms with Gasteiger partial charge in [-0.05, 0) is 25.5 Å². The number of amides is 1. The largest absolute Gasteiger partial charge is 0.535 e. The zero-order valence-electron chi connectivity index (χ0n) is 10.7. The van der Waals surface area contributed by atoms with Gasteiger partial charge in [-0.2, -0.15) is 0 Å². The zero-order valence-corrected chi connectivity index (χ0v) is 10.7. The van der Waals surface area contributed by atoms with Crippen LogP contribution in [0.3, 0.4) is 0 Å². The van der Waals surface area contributed by atoms with Crippen LogP contribution >= 0.6 is 0 Å². The Bertz CT molecular complexity index is 492. The summed E-state index contributed by atoms with van der Waals surface area (Å²) in [5.41, 5.74) is 6.21. The predicted octanol–water partition coefficient (Wildman–Crippen LogP) is 1.84. The van der Waals surface area contributed by atoms with Gasteiger partial charge in [0.25, 0.3) is 0 Å². The smallest absolute Gasteiger partial charge is 0.430 e. The third kappa shape index (κ3) is 2.94. The van der Waals surface area contributed by atoms with Gasteiger partial charge in [0.2, 0.25) is 0 Å². The summed E-state index contributed by atoms with van der Waals surface area (Å²) in [6.45, 7) is 3.61. The van der Waals surface area contributed by atoms with Crippen molar-refractivity contribution in [3.63, 3.8) is 0 Å². The van der Waals surface area contributed by atoms with Gasteiger partial charge in [-0.15, -0.1) is 5.53 Å². The minimum absolute atomic E-state index is 0.271. The van der Waals surface area contributed by atoms with Crippen molar-refractivity contribution in [1.29, 1.82) is 0 Å². The fraction of sp³-hybridized carbons (Fsp3) is 0.333. The van der Waals surface area contributed by atoms with Crippen molar-refractivity contribution in [3.05, 3.63) is 29.8 Å². The standard InChI is InChI=1S/C12H15N3O4/c1-3-8(2)18-12(17)19-15-11(16)9-6-4-5-7-10(9)13-14-15/h4-8,13-14H,3H2,1-2H3. The molecule has 1 amide bonds. The number of hydrogen-bond acceptors (Lipinski definition) is 6. The summed E-state index contributed by atoms with van der Waals surface area (Å²) in [5, 5.41) is 0.701. The Morgan fingerprint density at radius 1 is 1.42 bits per heavy atom. The molecular weight excluding hydrogens is 250 g/mol. The van der Waals surface area contributed by atoms with Crippen molar-refractivity contribution in [2.45, 2.75) is 26.4 Å². The number of rotatable bonds is 3. The number of hydroxylamine groups is 1. The van der Waals surface area contributed by atoms with Crippen LogP contribution in [0.15, 0.2) is 24.3 Å². The highest BCUT2D eigenvalue weighted by Crippen LogP contribution is 2.19. The van der Waals surface area contributed by atoms with Crippen molar-refractivity contribution in [1.82, 2.24) is 10.7 Å². The van der Waals surface area contributed by atoms with Crippen LogP contribution in [0, 0.1) is 0 Å². The Morgan fingerprint density at radius 2 is 2.16 bits per heavy atom. The van der Waals surface area contributed by atoms with E-state index < -0.39 is 12.1 Å². The van der Waals surface area contributed by atoms with Crippen LogP contribution < -0.4 is 11.0 Å². The quantitative estimate of drug-likeness (QED) is 0.812. The molecule has 0 saturated carbocycles. The van der Waals surface area contributed by atoms with E-state index in [1.54, 1.807) is 31.2 Å². The molecule has 0 bridgehead atoms. The maximum atomic E-state index is 12.0. The van der Waals surface area contributed by atoms with Gasteiger partial charge in [-0.3, -0.25) is 9.63 Å². The molecule has 19 heavy (non-hydrogen) atoms. The lowest BCUT2D eigenvalue weighted by atomic mass is 10.1. The van der Waals surface area contributed by atoms with Crippen LogP contribution in [0.5, 0.6) is 0 Å². The van der Waals surface area contributed by atoms with Crippen LogP contribution in [0.4, 0.5) is 10.5 Å². The minimum atomic E-state index is -0.934. The maximum absolute atomic E-state index is 12.0. The maximum Gasteiger partial charge on any atom is 0.535 e. The number of ether oxygens (including phenoxy) is 1. The van der Waals surface area contributed by atoms with Crippen LogP contribution in [0.25, 0.3) is 0 Å². The number of fused-ring (bicyclic) bond motifs is 1. The van der Waals surface area contributed by atoms with Crippen molar-refractivity contribution in [2.75, 3.05) is 5.43 Å². The summed E-state index contributed by atoms with van der Waals surface area (Å²) in [6, 6.07) is 6.87. The molecule has 1 atom stereocenters. The van der Waals surface area contributed by atoms with Gasteiger partial charge in [0.15, 0.2) is 0 Å². The molecule has 1 aromatic rings. The van der Waals surface area contributed by atoms with E-state index in [1.165, 1.54) is 0 Å². The second kappa shape index (κ2) is 5.57. The van der Waals surface area contributed by atoms with Gasteiger partial charge in [0.05, 0.1) is 11.3 Å². The van der Waals surface area contributed by atoms with Gasteiger partial charge in [0, 0.05) is 0 Å². The highest BCUT2D eigenvalue weighted by atomic mass is 16.8. The lowest BCUT2D eigenvalue weighted by molar-refractivity contribution is -0.132. The fourth-order valence-corrected chi connectivity index (χ4v) is 1.46. The molecule has 1 heterocycles. The van der Waals surface area contributed by atoms with Crippen LogP contribution in [0.1, 0.15) is 30.6 Å². The van der Waals surface area contributed by atoms with Crippen molar-refractivity contribution in [3.8, 4) is 0 Å². The molecular formula is C12H15N3O4. The summed E-state index contributed by atoms with van der Waals surface area (Å²) in [6.07, 6.45) is -0.540. The number of carbonyl (C=O) groups excluding carboxylic acids is 2. The van der Waals surface area contributed by atoms with E-state index in [4.69, 9.17) is 9.57 Å². The average molecular weight is 265 g/mol. The molecule has 0 aliphatic carbocycles. The predicted molar refractivity (Wildman–Crippen MR) is 66.7 cm³/mol. The molecule has 0 spiro atoms. The molecule has 0 radical (unpaired) electrons. The topological polar surface area (TPSA) is 79.9 Å². The van der Waals surface area contributed by atoms with Crippen molar-refractivity contribution in [2.24, 2.45) is 0 Å². The monoisotopic (exact) mass is 265 g/mol. The fourth-order valence-electron chi connectivity index (χ4n) is 1.46. The first-order valence-corrected chi connectivity index (χ1v) is 5.95. The van der Waals surface area contributed by atoms with Gasteiger partial charge >= 0.3 is 12.1 Å². The Hall–Kier alpha value is -2.28. The molecule has 1 unspecified atom stereocenters. The third-order valence-electron chi connectivity index (χ3n) is 2.67. The molecule has 0 aromatic heterocycles. The van der Waals surface area contributed by atoms with E-state index in [2.05, 4.69) is 11.0 Å². The summed E-state index contributed by atoms with van der Waals surface area (Å²) in [4.78, 5) is 28.2. The van der Waals surface area contributed by atoms with Crippen LogP contribution in [0.2, 0.25) is 0 Å². The van der Waals surface area contributed by atoms with E-state index >= 15 is 0 Å². The molecule has 2 N–H and O–H groups in total. The SMILES string of the molecule is CCC(C)OC(=O)ON1NNc2ccccc2C1=O. The van der Waals surface area contributed by atoms with E-state index in [0.29, 0.717) is 22.8 Å². The number of hydrogen-bond donors (Lipinski definition) is 2. The van der Waals surface area contributed by atoms with Crippen LogP contribution in [-0.4, -0.2) is 23.3 Å². The Labute approximate surface area is 110 Å². The lowest BCUT2D eigenvalue weighted by Crippen LogP contribution is -2.50. The summed E-state index contributed by atoms with van der Waals surface area (Å²) < 4.78 is 4.92. The van der Waals surface area contributed by atoms with Crippen molar-refractivity contribution >= 4 is 17.7 Å². The van der Waals surface area contributed by atoms with E-state index in [1.807, 2.05) is 6.92 Å². The molecule has 1 aliphatic heterocycles. The van der Waals surface area contributed by atoms with Gasteiger partial charge < -0.3 is 10.2 Å². The average Bonchev–Trinajstić information content (AvgIpc) is 2.42. The summed E-state index contributed by atoms with van der Waals surface area (Å²) >= 11 is 0. The van der Waals surface area contributed by atoms with Gasteiger partial charge in [-0.25, -0.2) is 4.79 Å². The summed E-state index contributed by atoms with van der Waals surface area (Å²) in [5.74, 6) is -0.476. The number of hydrazine groups is 2. The van der Waals surface area contributed by atoms with E-state index in [0.717, 1.165) is 0 Å². The second-order valence-corrected chi connectivity index (χ2v) is 4.06. The summed E-state index contributed by atoms with van der Waals surface area (Å²) in [7, 11) is 0. The normalized spacial score (nSPS) is 15.3. The second-order valence-electron chi connectivity index (χ2n) is 4.06.